The van der Waals surface area contributed by atoms with Crippen LogP contribution in [0.15, 0.2) is 48.5 Å². The third kappa shape index (κ3) is 5.55. The smallest absolute Gasteiger partial charge is 0.255 e. The van der Waals surface area contributed by atoms with E-state index in [1.54, 1.807) is 31.2 Å². The molecule has 2 amide bonds. The van der Waals surface area contributed by atoms with Crippen molar-refractivity contribution in [3.63, 3.8) is 0 Å². The van der Waals surface area contributed by atoms with E-state index >= 15 is 0 Å². The summed E-state index contributed by atoms with van der Waals surface area (Å²) in [6.07, 6.45) is 0. The molecule has 0 bridgehead atoms. The monoisotopic (exact) mass is 478 g/mol. The standard InChI is InChI=1S/C25H27FN6O3/c1-16-22-23(32(12-13-35-3)15-21(33)31(22)2)30-25(28-16)27-14-17-4-10-20(11-5-17)29-24(34)18-6-8-19(26)9-7-18/h4-11H,12-15H2,1-3H3,(H,29,34)(H,27,28,30). The number of likely N-dealkylation sites (N-methyl/N-ethyl adjacent to an activating group) is 1. The number of aromatic nitrogens is 2. The highest BCUT2D eigenvalue weighted by molar-refractivity contribution is 6.04. The van der Waals surface area contributed by atoms with Gasteiger partial charge in [-0.05, 0) is 48.9 Å². The zero-order valence-electron chi connectivity index (χ0n) is 19.8. The number of amides is 2. The van der Waals surface area contributed by atoms with Gasteiger partial charge in [-0.2, -0.15) is 4.98 Å². The minimum Gasteiger partial charge on any atom is -0.383 e. The Hall–Kier alpha value is -4.05. The van der Waals surface area contributed by atoms with Crippen LogP contribution < -0.4 is 20.4 Å². The fourth-order valence-electron chi connectivity index (χ4n) is 3.79. The molecule has 2 heterocycles. The Morgan fingerprint density at radius 2 is 1.83 bits per heavy atom. The van der Waals surface area contributed by atoms with Crippen LogP contribution in [0.4, 0.5) is 27.5 Å². The van der Waals surface area contributed by atoms with Crippen molar-refractivity contribution >= 4 is 35.0 Å². The minimum atomic E-state index is -0.389. The Morgan fingerprint density at radius 3 is 2.51 bits per heavy atom. The van der Waals surface area contributed by atoms with Crippen LogP contribution in [0.25, 0.3) is 0 Å². The molecule has 0 saturated heterocycles. The molecule has 0 aliphatic carbocycles. The molecule has 0 saturated carbocycles. The van der Waals surface area contributed by atoms with E-state index in [1.807, 2.05) is 24.0 Å². The van der Waals surface area contributed by atoms with Gasteiger partial charge in [-0.3, -0.25) is 9.59 Å². The molecule has 2 N–H and O–H groups in total. The number of ether oxygens (including phenoxy) is 1. The number of benzene rings is 2. The van der Waals surface area contributed by atoms with E-state index in [1.165, 1.54) is 24.3 Å². The van der Waals surface area contributed by atoms with Crippen LogP contribution in [0, 0.1) is 12.7 Å². The number of nitrogens with one attached hydrogen (secondary N) is 2. The van der Waals surface area contributed by atoms with Crippen LogP contribution in [0.1, 0.15) is 21.6 Å². The lowest BCUT2D eigenvalue weighted by Crippen LogP contribution is -2.46. The molecule has 1 aromatic heterocycles. The number of fused-ring (bicyclic) bond motifs is 1. The molecule has 4 rings (SSSR count). The maximum absolute atomic E-state index is 13.1. The van der Waals surface area contributed by atoms with E-state index in [9.17, 15) is 14.0 Å². The molecule has 0 spiro atoms. The first-order valence-corrected chi connectivity index (χ1v) is 11.1. The summed E-state index contributed by atoms with van der Waals surface area (Å²) in [4.78, 5) is 37.4. The summed E-state index contributed by atoms with van der Waals surface area (Å²) in [6, 6.07) is 12.7. The third-order valence-corrected chi connectivity index (χ3v) is 5.71. The van der Waals surface area contributed by atoms with Crippen LogP contribution >= 0.6 is 0 Å². The quantitative estimate of drug-likeness (QED) is 0.513. The maximum atomic E-state index is 13.1. The van der Waals surface area contributed by atoms with Gasteiger partial charge < -0.3 is 25.2 Å². The van der Waals surface area contributed by atoms with Crippen molar-refractivity contribution in [1.29, 1.82) is 0 Å². The topological polar surface area (TPSA) is 99.7 Å². The second kappa shape index (κ2) is 10.5. The van der Waals surface area contributed by atoms with Crippen molar-refractivity contribution in [3.8, 4) is 0 Å². The molecule has 0 unspecified atom stereocenters. The number of aryl methyl sites for hydroxylation is 1. The van der Waals surface area contributed by atoms with Crippen molar-refractivity contribution in [2.75, 3.05) is 54.3 Å². The molecule has 1 aliphatic rings. The molecule has 0 fully saturated rings. The normalized spacial score (nSPS) is 13.0. The molecule has 10 heteroatoms. The average Bonchev–Trinajstić information content (AvgIpc) is 2.85. The Balaban J connectivity index is 1.43. The first-order chi connectivity index (χ1) is 16.9. The zero-order valence-corrected chi connectivity index (χ0v) is 19.8. The summed E-state index contributed by atoms with van der Waals surface area (Å²) in [5.41, 5.74) is 3.38. The number of nitrogens with zero attached hydrogens (tertiary/aromatic N) is 4. The lowest BCUT2D eigenvalue weighted by molar-refractivity contribution is -0.117. The fraction of sp³-hybridized carbons (Fsp3) is 0.280. The Morgan fingerprint density at radius 1 is 1.11 bits per heavy atom. The summed E-state index contributed by atoms with van der Waals surface area (Å²) >= 11 is 0. The number of carbonyl (C=O) groups is 2. The second-order valence-corrected chi connectivity index (χ2v) is 8.18. The molecular weight excluding hydrogens is 451 g/mol. The largest absolute Gasteiger partial charge is 0.383 e. The van der Waals surface area contributed by atoms with Gasteiger partial charge in [-0.1, -0.05) is 12.1 Å². The number of anilines is 4. The second-order valence-electron chi connectivity index (χ2n) is 8.18. The number of hydrogen-bond donors (Lipinski definition) is 2. The number of rotatable bonds is 8. The molecule has 0 radical (unpaired) electrons. The molecule has 2 aromatic carbocycles. The van der Waals surface area contributed by atoms with Crippen LogP contribution in [0.2, 0.25) is 0 Å². The van der Waals surface area contributed by atoms with Crippen LogP contribution in [0.5, 0.6) is 0 Å². The molecule has 9 nitrogen and oxygen atoms in total. The first-order valence-electron chi connectivity index (χ1n) is 11.1. The SMILES string of the molecule is COCCN1CC(=O)N(C)c2c(C)nc(NCc3ccc(NC(=O)c4ccc(F)cc4)cc3)nc21. The molecule has 1 aliphatic heterocycles. The van der Waals surface area contributed by atoms with Gasteiger partial charge >= 0.3 is 0 Å². The number of carbonyl (C=O) groups excluding carboxylic acids is 2. The van der Waals surface area contributed by atoms with Gasteiger partial charge in [-0.15, -0.1) is 0 Å². The van der Waals surface area contributed by atoms with Gasteiger partial charge in [0, 0.05) is 38.5 Å². The number of halogens is 1. The maximum Gasteiger partial charge on any atom is 0.255 e. The first kappa shape index (κ1) is 24.1. The van der Waals surface area contributed by atoms with Crippen molar-refractivity contribution in [2.45, 2.75) is 13.5 Å². The zero-order chi connectivity index (χ0) is 24.9. The molecule has 3 aromatic rings. The predicted molar refractivity (Wildman–Crippen MR) is 132 cm³/mol. The predicted octanol–water partition coefficient (Wildman–Crippen LogP) is 3.22. The van der Waals surface area contributed by atoms with Crippen molar-refractivity contribution in [1.82, 2.24) is 9.97 Å². The van der Waals surface area contributed by atoms with Gasteiger partial charge in [0.15, 0.2) is 5.82 Å². The Kier molecular flexibility index (Phi) is 7.21. The van der Waals surface area contributed by atoms with Crippen molar-refractivity contribution in [3.05, 3.63) is 71.2 Å². The molecule has 35 heavy (non-hydrogen) atoms. The molecule has 182 valence electrons. The van der Waals surface area contributed by atoms with Crippen LogP contribution in [-0.2, 0) is 16.1 Å². The third-order valence-electron chi connectivity index (χ3n) is 5.71. The van der Waals surface area contributed by atoms with E-state index in [2.05, 4.69) is 20.6 Å². The van der Waals surface area contributed by atoms with E-state index in [-0.39, 0.29) is 24.2 Å². The van der Waals surface area contributed by atoms with Gasteiger partial charge in [-0.25, -0.2) is 9.37 Å². The summed E-state index contributed by atoms with van der Waals surface area (Å²) in [5.74, 6) is 0.431. The van der Waals surface area contributed by atoms with Gasteiger partial charge in [0.1, 0.15) is 11.5 Å². The highest BCUT2D eigenvalue weighted by atomic mass is 19.1. The van der Waals surface area contributed by atoms with E-state index in [4.69, 9.17) is 4.74 Å². The number of methoxy groups -OCH3 is 1. The van der Waals surface area contributed by atoms with E-state index < -0.39 is 0 Å². The van der Waals surface area contributed by atoms with Crippen LogP contribution in [0.3, 0.4) is 0 Å². The lowest BCUT2D eigenvalue weighted by atomic mass is 10.1. The highest BCUT2D eigenvalue weighted by Crippen LogP contribution is 2.34. The Labute approximate surface area is 202 Å². The summed E-state index contributed by atoms with van der Waals surface area (Å²) < 4.78 is 18.2. The highest BCUT2D eigenvalue weighted by Gasteiger charge is 2.30. The average molecular weight is 479 g/mol. The lowest BCUT2D eigenvalue weighted by Gasteiger charge is -2.35. The van der Waals surface area contributed by atoms with Gasteiger partial charge in [0.2, 0.25) is 11.9 Å². The van der Waals surface area contributed by atoms with Gasteiger partial charge in [0.25, 0.3) is 5.91 Å². The minimum absolute atomic E-state index is 0.0207. The van der Waals surface area contributed by atoms with E-state index in [0.29, 0.717) is 54.1 Å². The summed E-state index contributed by atoms with van der Waals surface area (Å²) in [7, 11) is 3.35. The van der Waals surface area contributed by atoms with Crippen molar-refractivity contribution < 1.29 is 18.7 Å². The van der Waals surface area contributed by atoms with Gasteiger partial charge in [0.05, 0.1) is 18.8 Å². The molecule has 0 atom stereocenters. The fourth-order valence-corrected chi connectivity index (χ4v) is 3.79. The summed E-state index contributed by atoms with van der Waals surface area (Å²) in [5, 5.41) is 6.03. The van der Waals surface area contributed by atoms with E-state index in [0.717, 1.165) is 5.56 Å². The Bertz CT molecular complexity index is 1220. The summed E-state index contributed by atoms with van der Waals surface area (Å²) in [6.45, 7) is 3.58. The van der Waals surface area contributed by atoms with Crippen molar-refractivity contribution in [2.24, 2.45) is 0 Å². The molecular formula is C25H27FN6O3. The number of hydrogen-bond acceptors (Lipinski definition) is 7. The van der Waals surface area contributed by atoms with Crippen LogP contribution in [-0.4, -0.2) is 55.6 Å².